The van der Waals surface area contributed by atoms with Crippen LogP contribution in [0.25, 0.3) is 6.08 Å². The van der Waals surface area contributed by atoms with Crippen molar-refractivity contribution < 1.29 is 19.4 Å². The minimum absolute atomic E-state index is 0.0693. The summed E-state index contributed by atoms with van der Waals surface area (Å²) in [5.41, 5.74) is 5.50. The Labute approximate surface area is 130 Å². The molecule has 1 heterocycles. The number of nitrogens with two attached hydrogens (primary N) is 1. The summed E-state index contributed by atoms with van der Waals surface area (Å²) < 4.78 is 5.26. The third kappa shape index (κ3) is 3.17. The molecule has 3 N–H and O–H groups in total. The first-order valence-electron chi connectivity index (χ1n) is 5.83. The number of hydrogen-bond acceptors (Lipinski definition) is 6. The van der Waals surface area contributed by atoms with Crippen LogP contribution in [-0.4, -0.2) is 39.8 Å². The molecule has 0 bridgehead atoms. The van der Waals surface area contributed by atoms with E-state index in [-0.39, 0.29) is 16.6 Å². The van der Waals surface area contributed by atoms with Crippen molar-refractivity contribution in [2.24, 2.45) is 5.73 Å². The molecule has 2 rings (SSSR count). The lowest BCUT2D eigenvalue weighted by Crippen LogP contribution is -2.36. The molecule has 1 aliphatic rings. The molecule has 1 aliphatic heterocycles. The normalized spacial score (nSPS) is 16.6. The topological polar surface area (TPSA) is 92.9 Å². The minimum atomic E-state index is -0.642. The average Bonchev–Trinajstić information content (AvgIpc) is 2.68. The second-order valence-corrected chi connectivity index (χ2v) is 5.81. The molecule has 0 unspecified atom stereocenters. The standard InChI is InChI=1S/C13H12N2O4S2/c1-19-8-4-2-3-7(11(8)17)5-9-12(18)15(6-10(14)16)13(20)21-9/h2-5,17H,6H2,1H3,(H2,14,16)/b9-5+. The third-order valence-corrected chi connectivity index (χ3v) is 4.10. The van der Waals surface area contributed by atoms with Crippen LogP contribution in [0.15, 0.2) is 23.1 Å². The van der Waals surface area contributed by atoms with E-state index < -0.39 is 11.8 Å². The summed E-state index contributed by atoms with van der Waals surface area (Å²) in [6.45, 7) is -0.258. The number of carbonyl (C=O) groups excluding carboxylic acids is 2. The van der Waals surface area contributed by atoms with Crippen LogP contribution < -0.4 is 10.5 Å². The lowest BCUT2D eigenvalue weighted by atomic mass is 10.1. The zero-order chi connectivity index (χ0) is 15.6. The predicted molar refractivity (Wildman–Crippen MR) is 83.7 cm³/mol. The van der Waals surface area contributed by atoms with Gasteiger partial charge < -0.3 is 15.6 Å². The summed E-state index contributed by atoms with van der Waals surface area (Å²) in [5.74, 6) is -0.820. The van der Waals surface area contributed by atoms with Crippen LogP contribution in [0, 0.1) is 0 Å². The summed E-state index contributed by atoms with van der Waals surface area (Å²) in [7, 11) is 1.44. The highest BCUT2D eigenvalue weighted by Crippen LogP contribution is 2.36. The fourth-order valence-electron chi connectivity index (χ4n) is 1.75. The molecule has 2 amide bonds. The average molecular weight is 324 g/mol. The van der Waals surface area contributed by atoms with E-state index >= 15 is 0 Å². The van der Waals surface area contributed by atoms with Crippen LogP contribution in [0.3, 0.4) is 0 Å². The quantitative estimate of drug-likeness (QED) is 0.636. The Bertz CT molecular complexity index is 658. The number of nitrogens with zero attached hydrogens (tertiary/aromatic N) is 1. The van der Waals surface area contributed by atoms with Crippen LogP contribution in [0.1, 0.15) is 5.56 Å². The van der Waals surface area contributed by atoms with Crippen molar-refractivity contribution in [1.29, 1.82) is 0 Å². The summed E-state index contributed by atoms with van der Waals surface area (Å²) in [6.07, 6.45) is 1.50. The van der Waals surface area contributed by atoms with E-state index in [1.165, 1.54) is 13.2 Å². The monoisotopic (exact) mass is 324 g/mol. The number of thioether (sulfide) groups is 1. The molecule has 0 saturated carbocycles. The van der Waals surface area contributed by atoms with Crippen LogP contribution in [0.2, 0.25) is 0 Å². The summed E-state index contributed by atoms with van der Waals surface area (Å²) in [5, 5.41) is 10.0. The number of amides is 2. The SMILES string of the molecule is COc1cccc(/C=C2/SC(=S)N(CC(N)=O)C2=O)c1O. The number of methoxy groups -OCH3 is 1. The van der Waals surface area contributed by atoms with E-state index in [1.54, 1.807) is 18.2 Å². The highest BCUT2D eigenvalue weighted by molar-refractivity contribution is 8.26. The molecule has 110 valence electrons. The summed E-state index contributed by atoms with van der Waals surface area (Å²) in [6, 6.07) is 4.93. The number of thiocarbonyl (C=S) groups is 1. The Hall–Kier alpha value is -2.06. The van der Waals surface area contributed by atoms with Gasteiger partial charge in [0.15, 0.2) is 11.5 Å². The molecule has 21 heavy (non-hydrogen) atoms. The number of para-hydroxylation sites is 1. The molecule has 6 nitrogen and oxygen atoms in total. The van der Waals surface area contributed by atoms with Crippen LogP contribution >= 0.6 is 24.0 Å². The van der Waals surface area contributed by atoms with Crippen LogP contribution in [0.5, 0.6) is 11.5 Å². The predicted octanol–water partition coefficient (Wildman–Crippen LogP) is 1.09. The lowest BCUT2D eigenvalue weighted by molar-refractivity contribution is -0.127. The number of phenolic OH excluding ortho intramolecular Hbond substituents is 1. The number of hydrogen-bond donors (Lipinski definition) is 2. The van der Waals surface area contributed by atoms with Crippen molar-refractivity contribution in [3.63, 3.8) is 0 Å². The number of phenols is 1. The van der Waals surface area contributed by atoms with Crippen molar-refractivity contribution in [1.82, 2.24) is 4.90 Å². The van der Waals surface area contributed by atoms with Crippen molar-refractivity contribution in [3.8, 4) is 11.5 Å². The largest absolute Gasteiger partial charge is 0.504 e. The number of primary amides is 1. The summed E-state index contributed by atoms with van der Waals surface area (Å²) in [4.78, 5) is 24.5. The zero-order valence-electron chi connectivity index (χ0n) is 11.0. The number of carbonyl (C=O) groups is 2. The van der Waals surface area contributed by atoms with E-state index in [9.17, 15) is 14.7 Å². The Kier molecular flexibility index (Phi) is 4.49. The molecule has 0 spiro atoms. The fraction of sp³-hybridized carbons (Fsp3) is 0.154. The second-order valence-electron chi connectivity index (χ2n) is 4.13. The smallest absolute Gasteiger partial charge is 0.266 e. The summed E-state index contributed by atoms with van der Waals surface area (Å²) >= 11 is 6.09. The Balaban J connectivity index is 2.33. The van der Waals surface area contributed by atoms with Gasteiger partial charge in [-0.2, -0.15) is 0 Å². The van der Waals surface area contributed by atoms with Gasteiger partial charge in [0.25, 0.3) is 5.91 Å². The Morgan fingerprint density at radius 3 is 2.90 bits per heavy atom. The Morgan fingerprint density at radius 1 is 1.57 bits per heavy atom. The third-order valence-electron chi connectivity index (χ3n) is 2.72. The molecule has 0 atom stereocenters. The highest BCUT2D eigenvalue weighted by atomic mass is 32.2. The lowest BCUT2D eigenvalue weighted by Gasteiger charge is -2.10. The van der Waals surface area contributed by atoms with E-state index in [0.29, 0.717) is 16.2 Å². The number of aromatic hydroxyl groups is 1. The zero-order valence-corrected chi connectivity index (χ0v) is 12.7. The first-order valence-corrected chi connectivity index (χ1v) is 7.06. The van der Waals surface area contributed by atoms with Gasteiger partial charge in [-0.05, 0) is 12.1 Å². The van der Waals surface area contributed by atoms with Crippen molar-refractivity contribution >= 4 is 46.2 Å². The van der Waals surface area contributed by atoms with E-state index in [1.807, 2.05) is 0 Å². The molecule has 1 saturated heterocycles. The molecule has 1 aromatic carbocycles. The maximum Gasteiger partial charge on any atom is 0.266 e. The van der Waals surface area contributed by atoms with Gasteiger partial charge in [-0.1, -0.05) is 36.1 Å². The highest BCUT2D eigenvalue weighted by Gasteiger charge is 2.33. The van der Waals surface area contributed by atoms with Crippen molar-refractivity contribution in [2.75, 3.05) is 13.7 Å². The Morgan fingerprint density at radius 2 is 2.29 bits per heavy atom. The number of rotatable bonds is 4. The maximum atomic E-state index is 12.2. The second kappa shape index (κ2) is 6.15. The van der Waals surface area contributed by atoms with Gasteiger partial charge in [0.2, 0.25) is 5.91 Å². The molecule has 1 fully saturated rings. The molecule has 1 aromatic rings. The maximum absolute atomic E-state index is 12.2. The fourth-order valence-corrected chi connectivity index (χ4v) is 3.00. The van der Waals surface area contributed by atoms with Crippen molar-refractivity contribution in [3.05, 3.63) is 28.7 Å². The van der Waals surface area contributed by atoms with E-state index in [4.69, 9.17) is 22.7 Å². The van der Waals surface area contributed by atoms with E-state index in [0.717, 1.165) is 16.7 Å². The number of ether oxygens (including phenoxy) is 1. The van der Waals surface area contributed by atoms with Gasteiger partial charge in [0, 0.05) is 5.56 Å². The first-order chi connectivity index (χ1) is 9.93. The van der Waals surface area contributed by atoms with Crippen molar-refractivity contribution in [2.45, 2.75) is 0 Å². The molecule has 8 heteroatoms. The minimum Gasteiger partial charge on any atom is -0.504 e. The molecule has 0 aliphatic carbocycles. The van der Waals surface area contributed by atoms with Gasteiger partial charge in [-0.15, -0.1) is 0 Å². The molecule has 0 aromatic heterocycles. The first kappa shape index (κ1) is 15.3. The molecule has 0 radical (unpaired) electrons. The van der Waals surface area contributed by atoms with Gasteiger partial charge in [0.1, 0.15) is 10.9 Å². The van der Waals surface area contributed by atoms with Gasteiger partial charge in [-0.25, -0.2) is 0 Å². The van der Waals surface area contributed by atoms with Gasteiger partial charge >= 0.3 is 0 Å². The van der Waals surface area contributed by atoms with Crippen LogP contribution in [-0.2, 0) is 9.59 Å². The molecular formula is C13H12N2O4S2. The number of benzene rings is 1. The van der Waals surface area contributed by atoms with Crippen LogP contribution in [0.4, 0.5) is 0 Å². The van der Waals surface area contributed by atoms with Gasteiger partial charge in [0.05, 0.1) is 12.0 Å². The van der Waals surface area contributed by atoms with E-state index in [2.05, 4.69) is 0 Å². The molecular weight excluding hydrogens is 312 g/mol. The van der Waals surface area contributed by atoms with Gasteiger partial charge in [-0.3, -0.25) is 14.5 Å².